The van der Waals surface area contributed by atoms with Gasteiger partial charge in [0.25, 0.3) is 0 Å². The summed E-state index contributed by atoms with van der Waals surface area (Å²) in [5.41, 5.74) is 0. The van der Waals surface area contributed by atoms with Gasteiger partial charge < -0.3 is 4.74 Å². The van der Waals surface area contributed by atoms with Gasteiger partial charge in [0.2, 0.25) is 0 Å². The first-order valence-corrected chi connectivity index (χ1v) is 3.60. The van der Waals surface area contributed by atoms with E-state index in [1.165, 1.54) is 6.08 Å². The molecule has 0 rings (SSSR count). The van der Waals surface area contributed by atoms with Crippen molar-refractivity contribution >= 4 is 5.97 Å². The summed E-state index contributed by atoms with van der Waals surface area (Å²) in [7, 11) is 0. The quantitative estimate of drug-likeness (QED) is 0.438. The summed E-state index contributed by atoms with van der Waals surface area (Å²) in [4.78, 5) is 10.3. The van der Waals surface area contributed by atoms with Crippen LogP contribution >= 0.6 is 0 Å². The first-order valence-electron chi connectivity index (χ1n) is 3.60. The lowest BCUT2D eigenvalue weighted by Gasteiger charge is -1.91. The van der Waals surface area contributed by atoms with Crippen LogP contribution in [0, 0.1) is 0 Å². The molecule has 0 aliphatic carbocycles. The molecule has 10 heavy (non-hydrogen) atoms. The van der Waals surface area contributed by atoms with E-state index in [0.717, 1.165) is 0 Å². The van der Waals surface area contributed by atoms with Gasteiger partial charge in [-0.05, 0) is 13.8 Å². The van der Waals surface area contributed by atoms with Crippen LogP contribution in [0.1, 0.15) is 27.7 Å². The SMILES string of the molecule is C/C=C\C(=O)OCC.CC. The minimum absolute atomic E-state index is 0.269. The highest BCUT2D eigenvalue weighted by Crippen LogP contribution is 1.78. The lowest BCUT2D eigenvalue weighted by Crippen LogP contribution is -1.98. The molecule has 0 heterocycles. The van der Waals surface area contributed by atoms with Crippen molar-refractivity contribution in [2.24, 2.45) is 0 Å². The van der Waals surface area contributed by atoms with Gasteiger partial charge in [-0.25, -0.2) is 4.79 Å². The zero-order valence-corrected chi connectivity index (χ0v) is 7.18. The average Bonchev–Trinajstić information content (AvgIpc) is 1.93. The molecule has 0 aromatic heterocycles. The minimum Gasteiger partial charge on any atom is -0.463 e. The summed E-state index contributed by atoms with van der Waals surface area (Å²) in [6, 6.07) is 0. The lowest BCUT2D eigenvalue weighted by atomic mass is 10.5. The molecule has 60 valence electrons. The van der Waals surface area contributed by atoms with Gasteiger partial charge in [0.15, 0.2) is 0 Å². The van der Waals surface area contributed by atoms with Crippen molar-refractivity contribution in [2.75, 3.05) is 6.61 Å². The van der Waals surface area contributed by atoms with Crippen LogP contribution in [0.25, 0.3) is 0 Å². The van der Waals surface area contributed by atoms with Crippen LogP contribution in [0.2, 0.25) is 0 Å². The Morgan fingerprint density at radius 3 is 2.30 bits per heavy atom. The maximum Gasteiger partial charge on any atom is 0.330 e. The Kier molecular flexibility index (Phi) is 13.2. The van der Waals surface area contributed by atoms with Gasteiger partial charge in [0.1, 0.15) is 0 Å². The second-order valence-electron chi connectivity index (χ2n) is 1.25. The van der Waals surface area contributed by atoms with Crippen LogP contribution in [0.5, 0.6) is 0 Å². The Hall–Kier alpha value is -0.790. The van der Waals surface area contributed by atoms with Crippen LogP contribution in [-0.2, 0) is 9.53 Å². The molecular weight excluding hydrogens is 128 g/mol. The van der Waals surface area contributed by atoms with Gasteiger partial charge in [-0.2, -0.15) is 0 Å². The molecule has 0 radical (unpaired) electrons. The number of carbonyl (C=O) groups is 1. The Balaban J connectivity index is 0. The highest BCUT2D eigenvalue weighted by Gasteiger charge is 1.88. The number of rotatable bonds is 2. The van der Waals surface area contributed by atoms with E-state index in [9.17, 15) is 4.79 Å². The van der Waals surface area contributed by atoms with Gasteiger partial charge in [0.05, 0.1) is 6.61 Å². The molecule has 0 saturated heterocycles. The van der Waals surface area contributed by atoms with E-state index in [1.54, 1.807) is 19.9 Å². The van der Waals surface area contributed by atoms with E-state index >= 15 is 0 Å². The molecule has 2 heteroatoms. The summed E-state index contributed by atoms with van der Waals surface area (Å²) in [6.45, 7) is 8.00. The summed E-state index contributed by atoms with van der Waals surface area (Å²) < 4.78 is 4.56. The molecule has 0 spiro atoms. The number of hydrogen-bond donors (Lipinski definition) is 0. The van der Waals surface area contributed by atoms with Gasteiger partial charge in [-0.15, -0.1) is 0 Å². The van der Waals surface area contributed by atoms with Gasteiger partial charge >= 0.3 is 5.97 Å². The molecule has 0 N–H and O–H groups in total. The van der Waals surface area contributed by atoms with Crippen molar-refractivity contribution in [2.45, 2.75) is 27.7 Å². The molecule has 0 aromatic rings. The Bertz CT molecular complexity index is 95.4. The first-order chi connectivity index (χ1) is 4.81. The van der Waals surface area contributed by atoms with Crippen molar-refractivity contribution in [1.82, 2.24) is 0 Å². The molecule has 0 atom stereocenters. The van der Waals surface area contributed by atoms with E-state index < -0.39 is 0 Å². The molecule has 2 nitrogen and oxygen atoms in total. The fourth-order valence-corrected chi connectivity index (χ4v) is 0.326. The lowest BCUT2D eigenvalue weighted by molar-refractivity contribution is -0.137. The third-order valence-electron chi connectivity index (χ3n) is 0.589. The fraction of sp³-hybridized carbons (Fsp3) is 0.625. The largest absolute Gasteiger partial charge is 0.463 e. The minimum atomic E-state index is -0.269. The number of carbonyl (C=O) groups excluding carboxylic acids is 1. The highest BCUT2D eigenvalue weighted by molar-refractivity contribution is 5.81. The number of allylic oxidation sites excluding steroid dienone is 1. The molecule has 0 saturated carbocycles. The van der Waals surface area contributed by atoms with E-state index in [-0.39, 0.29) is 5.97 Å². The Labute approximate surface area is 62.9 Å². The molecule has 0 aromatic carbocycles. The topological polar surface area (TPSA) is 26.3 Å². The van der Waals surface area contributed by atoms with Crippen molar-refractivity contribution in [3.05, 3.63) is 12.2 Å². The molecule has 0 amide bonds. The smallest absolute Gasteiger partial charge is 0.330 e. The van der Waals surface area contributed by atoms with E-state index in [2.05, 4.69) is 4.74 Å². The van der Waals surface area contributed by atoms with Crippen LogP contribution in [0.4, 0.5) is 0 Å². The summed E-state index contributed by atoms with van der Waals surface area (Å²) in [5.74, 6) is -0.269. The van der Waals surface area contributed by atoms with Crippen LogP contribution in [-0.4, -0.2) is 12.6 Å². The van der Waals surface area contributed by atoms with Crippen molar-refractivity contribution in [3.8, 4) is 0 Å². The molecule has 0 fully saturated rings. The Morgan fingerprint density at radius 2 is 2.00 bits per heavy atom. The predicted molar refractivity (Wildman–Crippen MR) is 42.8 cm³/mol. The second kappa shape index (κ2) is 11.1. The van der Waals surface area contributed by atoms with E-state index in [1.807, 2.05) is 13.8 Å². The highest BCUT2D eigenvalue weighted by atomic mass is 16.5. The number of esters is 1. The zero-order valence-electron chi connectivity index (χ0n) is 7.18. The number of hydrogen-bond acceptors (Lipinski definition) is 2. The normalized spacial score (nSPS) is 8.40. The standard InChI is InChI=1S/C6H10O2.C2H6/c1-3-5-6(7)8-4-2;1-2/h3,5H,4H2,1-2H3;1-2H3/b5-3-;. The summed E-state index contributed by atoms with van der Waals surface area (Å²) in [5, 5.41) is 0. The van der Waals surface area contributed by atoms with Crippen molar-refractivity contribution in [1.29, 1.82) is 0 Å². The van der Waals surface area contributed by atoms with Crippen molar-refractivity contribution < 1.29 is 9.53 Å². The molecule has 0 aliphatic heterocycles. The first kappa shape index (κ1) is 11.9. The van der Waals surface area contributed by atoms with Gasteiger partial charge in [-0.1, -0.05) is 19.9 Å². The molecule has 0 unspecified atom stereocenters. The van der Waals surface area contributed by atoms with Crippen molar-refractivity contribution in [3.63, 3.8) is 0 Å². The van der Waals surface area contributed by atoms with Crippen LogP contribution in [0.3, 0.4) is 0 Å². The predicted octanol–water partition coefficient (Wildman–Crippen LogP) is 2.15. The van der Waals surface area contributed by atoms with E-state index in [4.69, 9.17) is 0 Å². The maximum absolute atomic E-state index is 10.3. The summed E-state index contributed by atoms with van der Waals surface area (Å²) >= 11 is 0. The molecular formula is C8H16O2. The molecule has 0 bridgehead atoms. The summed E-state index contributed by atoms with van der Waals surface area (Å²) in [6.07, 6.45) is 3.04. The maximum atomic E-state index is 10.3. The van der Waals surface area contributed by atoms with Gasteiger partial charge in [0, 0.05) is 6.08 Å². The number of ether oxygens (including phenoxy) is 1. The fourth-order valence-electron chi connectivity index (χ4n) is 0.326. The average molecular weight is 144 g/mol. The van der Waals surface area contributed by atoms with Gasteiger partial charge in [-0.3, -0.25) is 0 Å². The van der Waals surface area contributed by atoms with E-state index in [0.29, 0.717) is 6.61 Å². The zero-order chi connectivity index (χ0) is 8.41. The van der Waals surface area contributed by atoms with Crippen LogP contribution in [0.15, 0.2) is 12.2 Å². The third kappa shape index (κ3) is 10.2. The second-order valence-corrected chi connectivity index (χ2v) is 1.25. The Morgan fingerprint density at radius 1 is 1.50 bits per heavy atom. The monoisotopic (exact) mass is 144 g/mol. The molecule has 0 aliphatic rings. The van der Waals surface area contributed by atoms with Crippen LogP contribution < -0.4 is 0 Å². The third-order valence-corrected chi connectivity index (χ3v) is 0.589.